The Morgan fingerprint density at radius 1 is 1.30 bits per heavy atom. The van der Waals surface area contributed by atoms with Crippen molar-refractivity contribution in [1.29, 1.82) is 0 Å². The first-order valence-corrected chi connectivity index (χ1v) is 11.5. The Labute approximate surface area is 194 Å². The molecule has 4 heterocycles. The van der Waals surface area contributed by atoms with Gasteiger partial charge in [0.05, 0.1) is 42.8 Å². The normalized spacial score (nSPS) is 16.5. The topological polar surface area (TPSA) is 111 Å². The molecule has 0 saturated carbocycles. The SMILES string of the molecule is CCOC(=O)C1CCCN(Cc2ccc3c(NC(=O)c4ccoc4)c(C(=O)OC)sc3n2)C1. The zero-order valence-corrected chi connectivity index (χ0v) is 19.3. The molecule has 0 aliphatic carbocycles. The summed E-state index contributed by atoms with van der Waals surface area (Å²) in [6.45, 7) is 4.27. The minimum absolute atomic E-state index is 0.125. The summed E-state index contributed by atoms with van der Waals surface area (Å²) >= 11 is 1.17. The number of methoxy groups -OCH3 is 1. The molecule has 1 unspecified atom stereocenters. The van der Waals surface area contributed by atoms with Crippen molar-refractivity contribution >= 4 is 45.1 Å². The lowest BCUT2D eigenvalue weighted by Gasteiger charge is -2.31. The third-order valence-electron chi connectivity index (χ3n) is 5.52. The van der Waals surface area contributed by atoms with Crippen LogP contribution in [0.2, 0.25) is 0 Å². The Morgan fingerprint density at radius 3 is 2.88 bits per heavy atom. The number of hydrogen-bond acceptors (Lipinski definition) is 9. The van der Waals surface area contributed by atoms with Gasteiger partial charge in [-0.05, 0) is 44.5 Å². The Bertz CT molecular complexity index is 1160. The van der Waals surface area contributed by atoms with Crippen LogP contribution >= 0.6 is 11.3 Å². The molecule has 3 aromatic rings. The summed E-state index contributed by atoms with van der Waals surface area (Å²) in [6, 6.07) is 5.26. The number of hydrogen-bond donors (Lipinski definition) is 1. The van der Waals surface area contributed by atoms with Crippen LogP contribution < -0.4 is 5.32 Å². The maximum absolute atomic E-state index is 12.6. The number of ether oxygens (including phenoxy) is 2. The second kappa shape index (κ2) is 10.1. The largest absolute Gasteiger partial charge is 0.472 e. The predicted molar refractivity (Wildman–Crippen MR) is 122 cm³/mol. The van der Waals surface area contributed by atoms with Gasteiger partial charge < -0.3 is 19.2 Å². The molecule has 1 atom stereocenters. The number of nitrogens with one attached hydrogen (secondary N) is 1. The zero-order chi connectivity index (χ0) is 23.4. The molecule has 174 valence electrons. The Balaban J connectivity index is 1.56. The summed E-state index contributed by atoms with van der Waals surface area (Å²) in [4.78, 5) is 44.9. The number of thiophene rings is 1. The average molecular weight is 472 g/mol. The van der Waals surface area contributed by atoms with Crippen molar-refractivity contribution < 1.29 is 28.3 Å². The number of nitrogens with zero attached hydrogens (tertiary/aromatic N) is 2. The van der Waals surface area contributed by atoms with E-state index in [0.717, 1.165) is 25.1 Å². The van der Waals surface area contributed by atoms with Crippen molar-refractivity contribution in [3.05, 3.63) is 46.9 Å². The molecule has 1 saturated heterocycles. The number of pyridine rings is 1. The molecular formula is C23H25N3O6S. The van der Waals surface area contributed by atoms with Gasteiger partial charge in [-0.1, -0.05) is 0 Å². The van der Waals surface area contributed by atoms with Crippen LogP contribution in [-0.2, 0) is 20.8 Å². The molecule has 1 amide bonds. The first-order chi connectivity index (χ1) is 16.0. The van der Waals surface area contributed by atoms with Crippen molar-refractivity contribution in [2.24, 2.45) is 5.92 Å². The maximum Gasteiger partial charge on any atom is 0.350 e. The highest BCUT2D eigenvalue weighted by molar-refractivity contribution is 7.21. The van der Waals surface area contributed by atoms with Crippen LogP contribution in [0.5, 0.6) is 0 Å². The van der Waals surface area contributed by atoms with Crippen molar-refractivity contribution in [2.75, 3.05) is 32.1 Å². The number of rotatable bonds is 7. The van der Waals surface area contributed by atoms with Gasteiger partial charge >= 0.3 is 11.9 Å². The van der Waals surface area contributed by atoms with Gasteiger partial charge in [-0.2, -0.15) is 0 Å². The highest BCUT2D eigenvalue weighted by Gasteiger charge is 2.27. The minimum atomic E-state index is -0.546. The summed E-state index contributed by atoms with van der Waals surface area (Å²) in [6.07, 6.45) is 4.49. The Morgan fingerprint density at radius 2 is 2.15 bits per heavy atom. The zero-order valence-electron chi connectivity index (χ0n) is 18.5. The summed E-state index contributed by atoms with van der Waals surface area (Å²) in [5, 5.41) is 3.45. The van der Waals surface area contributed by atoms with Crippen molar-refractivity contribution in [3.8, 4) is 0 Å². The van der Waals surface area contributed by atoms with Crippen molar-refractivity contribution in [1.82, 2.24) is 9.88 Å². The fraction of sp³-hybridized carbons (Fsp3) is 0.391. The van der Waals surface area contributed by atoms with Crippen LogP contribution in [0.15, 0.2) is 35.1 Å². The Hall–Kier alpha value is -3.24. The van der Waals surface area contributed by atoms with E-state index in [4.69, 9.17) is 18.9 Å². The lowest BCUT2D eigenvalue weighted by Crippen LogP contribution is -2.39. The monoisotopic (exact) mass is 471 g/mol. The van der Waals surface area contributed by atoms with E-state index in [-0.39, 0.29) is 16.8 Å². The highest BCUT2D eigenvalue weighted by Crippen LogP contribution is 2.36. The van der Waals surface area contributed by atoms with E-state index in [1.807, 2.05) is 19.1 Å². The molecular weight excluding hydrogens is 446 g/mol. The highest BCUT2D eigenvalue weighted by atomic mass is 32.1. The van der Waals surface area contributed by atoms with Gasteiger partial charge in [0.1, 0.15) is 16.0 Å². The van der Waals surface area contributed by atoms with E-state index in [1.165, 1.54) is 31.0 Å². The van der Waals surface area contributed by atoms with Crippen LogP contribution in [0.3, 0.4) is 0 Å². The summed E-state index contributed by atoms with van der Waals surface area (Å²) in [5.74, 6) is -1.21. The lowest BCUT2D eigenvalue weighted by molar-refractivity contribution is -0.150. The summed E-state index contributed by atoms with van der Waals surface area (Å²) in [7, 11) is 1.30. The number of furan rings is 1. The number of esters is 2. The van der Waals surface area contributed by atoms with E-state index >= 15 is 0 Å². The summed E-state index contributed by atoms with van der Waals surface area (Å²) < 4.78 is 15.1. The Kier molecular flexibility index (Phi) is 7.05. The van der Waals surface area contributed by atoms with Crippen LogP contribution in [-0.4, -0.2) is 54.5 Å². The predicted octanol–water partition coefficient (Wildman–Crippen LogP) is 3.70. The lowest BCUT2D eigenvalue weighted by atomic mass is 9.98. The number of aromatic nitrogens is 1. The molecule has 1 fully saturated rings. The van der Waals surface area contributed by atoms with Crippen LogP contribution in [0.25, 0.3) is 10.2 Å². The molecule has 4 rings (SSSR count). The van der Waals surface area contributed by atoms with E-state index < -0.39 is 11.9 Å². The molecule has 9 nitrogen and oxygen atoms in total. The fourth-order valence-electron chi connectivity index (χ4n) is 3.93. The van der Waals surface area contributed by atoms with E-state index in [9.17, 15) is 14.4 Å². The molecule has 1 aliphatic rings. The minimum Gasteiger partial charge on any atom is -0.472 e. The molecule has 0 radical (unpaired) electrons. The fourth-order valence-corrected chi connectivity index (χ4v) is 4.99. The second-order valence-electron chi connectivity index (χ2n) is 7.75. The maximum atomic E-state index is 12.6. The third-order valence-corrected chi connectivity index (χ3v) is 6.60. The van der Waals surface area contributed by atoms with Gasteiger partial charge in [-0.15, -0.1) is 11.3 Å². The first-order valence-electron chi connectivity index (χ1n) is 10.7. The van der Waals surface area contributed by atoms with Gasteiger partial charge in [0.2, 0.25) is 0 Å². The van der Waals surface area contributed by atoms with Crippen LogP contribution in [0, 0.1) is 5.92 Å². The first kappa shape index (κ1) is 22.9. The number of anilines is 1. The number of amides is 1. The molecule has 1 aliphatic heterocycles. The van der Waals surface area contributed by atoms with Crippen molar-refractivity contribution in [3.63, 3.8) is 0 Å². The van der Waals surface area contributed by atoms with E-state index in [2.05, 4.69) is 10.2 Å². The average Bonchev–Trinajstić information content (AvgIpc) is 3.47. The number of carbonyl (C=O) groups is 3. The third kappa shape index (κ3) is 5.07. The van der Waals surface area contributed by atoms with Gasteiger partial charge in [0, 0.05) is 18.5 Å². The standard InChI is InChI=1S/C23H25N3O6S/c1-3-32-22(28)14-5-4-9-26(11-14)12-16-6-7-17-18(25-20(27)15-8-10-31-13-15)19(23(29)30-2)33-21(17)24-16/h6-8,10,13-14H,3-5,9,11-12H2,1-2H3,(H,25,27). The van der Waals surface area contributed by atoms with E-state index in [1.54, 1.807) is 6.07 Å². The molecule has 3 aromatic heterocycles. The molecule has 0 bridgehead atoms. The number of carbonyl (C=O) groups excluding carboxylic acids is 3. The number of fused-ring (bicyclic) bond motifs is 1. The molecule has 33 heavy (non-hydrogen) atoms. The van der Waals surface area contributed by atoms with E-state index in [0.29, 0.717) is 41.2 Å². The summed E-state index contributed by atoms with van der Waals surface area (Å²) in [5.41, 5.74) is 1.53. The molecule has 1 N–H and O–H groups in total. The van der Waals surface area contributed by atoms with Crippen LogP contribution in [0.1, 0.15) is 45.5 Å². The molecule has 0 spiro atoms. The quantitative estimate of drug-likeness (QED) is 0.519. The van der Waals surface area contributed by atoms with Crippen molar-refractivity contribution in [2.45, 2.75) is 26.3 Å². The van der Waals surface area contributed by atoms with Gasteiger partial charge in [0.25, 0.3) is 5.91 Å². The second-order valence-corrected chi connectivity index (χ2v) is 8.74. The molecule has 0 aromatic carbocycles. The smallest absolute Gasteiger partial charge is 0.350 e. The van der Waals surface area contributed by atoms with Gasteiger partial charge in [-0.3, -0.25) is 14.5 Å². The van der Waals surface area contributed by atoms with Crippen LogP contribution in [0.4, 0.5) is 5.69 Å². The molecule has 10 heteroatoms. The number of piperidine rings is 1. The van der Waals surface area contributed by atoms with Gasteiger partial charge in [-0.25, -0.2) is 9.78 Å². The number of likely N-dealkylation sites (tertiary alicyclic amines) is 1. The van der Waals surface area contributed by atoms with Gasteiger partial charge in [0.15, 0.2) is 0 Å².